The van der Waals surface area contributed by atoms with Gasteiger partial charge in [-0.1, -0.05) is 30.3 Å². The lowest BCUT2D eigenvalue weighted by Crippen LogP contribution is -2.20. The lowest BCUT2D eigenvalue weighted by Gasteiger charge is -2.12. The maximum absolute atomic E-state index is 10.6. The molecule has 0 saturated carbocycles. The number of nitrogens with zero attached hydrogens (tertiary/aromatic N) is 1. The van der Waals surface area contributed by atoms with Crippen molar-refractivity contribution in [3.63, 3.8) is 0 Å². The van der Waals surface area contributed by atoms with E-state index >= 15 is 0 Å². The van der Waals surface area contributed by atoms with E-state index in [2.05, 4.69) is 0 Å². The van der Waals surface area contributed by atoms with Crippen molar-refractivity contribution in [2.75, 3.05) is 0 Å². The minimum absolute atomic E-state index is 0.669. The molecule has 0 aliphatic heterocycles. The third kappa shape index (κ3) is 1.35. The molecule has 0 unspecified atom stereocenters. The van der Waals surface area contributed by atoms with Crippen molar-refractivity contribution in [1.29, 1.82) is 5.26 Å². The molecule has 0 saturated heterocycles. The van der Waals surface area contributed by atoms with E-state index in [0.717, 1.165) is 5.56 Å². The summed E-state index contributed by atoms with van der Waals surface area (Å²) in [6, 6.07) is 11.0. The summed E-state index contributed by atoms with van der Waals surface area (Å²) in [5.41, 5.74) is -0.260. The van der Waals surface area contributed by atoms with Gasteiger partial charge in [0.25, 0.3) is 0 Å². The van der Waals surface area contributed by atoms with E-state index in [1.807, 2.05) is 24.3 Å². The van der Waals surface area contributed by atoms with Gasteiger partial charge >= 0.3 is 0 Å². The van der Waals surface area contributed by atoms with Crippen molar-refractivity contribution in [2.45, 2.75) is 12.3 Å². The average molecular weight is 159 g/mol. The van der Waals surface area contributed by atoms with Crippen LogP contribution in [0.5, 0.6) is 0 Å². The highest BCUT2D eigenvalue weighted by Crippen LogP contribution is 2.19. The first-order chi connectivity index (χ1) is 5.73. The van der Waals surface area contributed by atoms with E-state index in [1.165, 1.54) is 0 Å². The Morgan fingerprint density at radius 3 is 2.42 bits per heavy atom. The number of rotatable bonds is 2. The number of benzene rings is 1. The van der Waals surface area contributed by atoms with Crippen LogP contribution in [0.1, 0.15) is 12.5 Å². The molecule has 12 heavy (non-hydrogen) atoms. The van der Waals surface area contributed by atoms with Crippen LogP contribution < -0.4 is 0 Å². The molecule has 1 atom stereocenters. The molecule has 0 aliphatic rings. The number of aldehydes is 1. The zero-order valence-electron chi connectivity index (χ0n) is 6.82. The first-order valence-electron chi connectivity index (χ1n) is 3.66. The van der Waals surface area contributed by atoms with E-state index in [-0.39, 0.29) is 0 Å². The molecule has 0 amide bonds. The molecule has 1 rings (SSSR count). The molecule has 0 aliphatic carbocycles. The lowest BCUT2D eigenvalue weighted by molar-refractivity contribution is -0.110. The largest absolute Gasteiger partial charge is 0.301 e. The number of hydrogen-bond donors (Lipinski definition) is 0. The van der Waals surface area contributed by atoms with Crippen LogP contribution in [0, 0.1) is 11.3 Å². The fraction of sp³-hybridized carbons (Fsp3) is 0.200. The maximum Gasteiger partial charge on any atom is 0.144 e. The monoisotopic (exact) mass is 159 g/mol. The molecule has 60 valence electrons. The molecule has 0 heterocycles. The molecule has 2 nitrogen and oxygen atoms in total. The van der Waals surface area contributed by atoms with Crippen molar-refractivity contribution in [2.24, 2.45) is 0 Å². The van der Waals surface area contributed by atoms with Crippen molar-refractivity contribution < 1.29 is 4.79 Å². The van der Waals surface area contributed by atoms with E-state index in [4.69, 9.17) is 5.26 Å². The Morgan fingerprint density at radius 2 is 2.00 bits per heavy atom. The van der Waals surface area contributed by atoms with Gasteiger partial charge in [0.2, 0.25) is 0 Å². The van der Waals surface area contributed by atoms with Gasteiger partial charge in [-0.25, -0.2) is 0 Å². The Bertz CT molecular complexity index is 312. The number of carbonyl (C=O) groups is 1. The highest BCUT2D eigenvalue weighted by atomic mass is 16.1. The second-order valence-corrected chi connectivity index (χ2v) is 2.80. The van der Waals surface area contributed by atoms with Gasteiger partial charge in [-0.15, -0.1) is 0 Å². The molecule has 0 spiro atoms. The molecular formula is C10H9NO. The van der Waals surface area contributed by atoms with Gasteiger partial charge in [-0.2, -0.15) is 5.26 Å². The van der Waals surface area contributed by atoms with Crippen LogP contribution in [0.4, 0.5) is 0 Å². The Balaban J connectivity index is 3.14. The highest BCUT2D eigenvalue weighted by Gasteiger charge is 2.24. The topological polar surface area (TPSA) is 40.9 Å². The summed E-state index contributed by atoms with van der Waals surface area (Å²) in [5, 5.41) is 8.76. The van der Waals surface area contributed by atoms with E-state index in [1.54, 1.807) is 19.1 Å². The summed E-state index contributed by atoms with van der Waals surface area (Å²) >= 11 is 0. The van der Waals surface area contributed by atoms with E-state index in [9.17, 15) is 4.79 Å². The van der Waals surface area contributed by atoms with Gasteiger partial charge in [0.05, 0.1) is 6.07 Å². The smallest absolute Gasteiger partial charge is 0.144 e. The van der Waals surface area contributed by atoms with Crippen LogP contribution in [-0.2, 0) is 10.2 Å². The zero-order chi connectivity index (χ0) is 9.03. The molecule has 0 N–H and O–H groups in total. The van der Waals surface area contributed by atoms with Crippen molar-refractivity contribution in [3.8, 4) is 6.07 Å². The number of carbonyl (C=O) groups excluding carboxylic acids is 1. The second kappa shape index (κ2) is 3.19. The van der Waals surface area contributed by atoms with Crippen molar-refractivity contribution in [3.05, 3.63) is 35.9 Å². The van der Waals surface area contributed by atoms with Crippen LogP contribution >= 0.6 is 0 Å². The molecular weight excluding hydrogens is 150 g/mol. The third-order valence-corrected chi connectivity index (χ3v) is 1.84. The van der Waals surface area contributed by atoms with Crippen LogP contribution in [0.25, 0.3) is 0 Å². The molecule has 0 fully saturated rings. The van der Waals surface area contributed by atoms with Gasteiger partial charge < -0.3 is 4.79 Å². The Hall–Kier alpha value is -1.62. The quantitative estimate of drug-likeness (QED) is 0.616. The normalized spacial score (nSPS) is 14.3. The van der Waals surface area contributed by atoms with Gasteiger partial charge in [0.1, 0.15) is 11.7 Å². The summed E-state index contributed by atoms with van der Waals surface area (Å²) in [6.07, 6.45) is 0.669. The van der Waals surface area contributed by atoms with Crippen LogP contribution in [-0.4, -0.2) is 6.29 Å². The molecule has 1 aromatic carbocycles. The maximum atomic E-state index is 10.6. The van der Waals surface area contributed by atoms with Crippen LogP contribution in [0.3, 0.4) is 0 Å². The molecule has 0 radical (unpaired) electrons. The Kier molecular flexibility index (Phi) is 2.25. The van der Waals surface area contributed by atoms with Crippen LogP contribution in [0.2, 0.25) is 0 Å². The summed E-state index contributed by atoms with van der Waals surface area (Å²) < 4.78 is 0. The second-order valence-electron chi connectivity index (χ2n) is 2.80. The SMILES string of the molecule is C[C@](C#N)(C=O)c1ccccc1. The number of hydrogen-bond acceptors (Lipinski definition) is 2. The van der Waals surface area contributed by atoms with Crippen LogP contribution in [0.15, 0.2) is 30.3 Å². The molecule has 2 heteroatoms. The predicted molar refractivity (Wildman–Crippen MR) is 45.5 cm³/mol. The Morgan fingerprint density at radius 1 is 1.42 bits per heavy atom. The Labute approximate surface area is 71.4 Å². The van der Waals surface area contributed by atoms with Gasteiger partial charge in [0.15, 0.2) is 0 Å². The average Bonchev–Trinajstić information content (AvgIpc) is 2.18. The predicted octanol–water partition coefficient (Wildman–Crippen LogP) is 1.67. The molecule has 0 aromatic heterocycles. The molecule has 0 bridgehead atoms. The third-order valence-electron chi connectivity index (χ3n) is 1.84. The van der Waals surface area contributed by atoms with Crippen molar-refractivity contribution >= 4 is 6.29 Å². The van der Waals surface area contributed by atoms with Crippen molar-refractivity contribution in [1.82, 2.24) is 0 Å². The highest BCUT2D eigenvalue weighted by molar-refractivity contribution is 5.72. The fourth-order valence-corrected chi connectivity index (χ4v) is 0.943. The minimum Gasteiger partial charge on any atom is -0.301 e. The fourth-order valence-electron chi connectivity index (χ4n) is 0.943. The summed E-state index contributed by atoms with van der Waals surface area (Å²) in [7, 11) is 0. The van der Waals surface area contributed by atoms with Gasteiger partial charge in [-0.05, 0) is 12.5 Å². The minimum atomic E-state index is -0.999. The first-order valence-corrected chi connectivity index (χ1v) is 3.66. The van der Waals surface area contributed by atoms with E-state index in [0.29, 0.717) is 6.29 Å². The van der Waals surface area contributed by atoms with Gasteiger partial charge in [0, 0.05) is 0 Å². The number of nitriles is 1. The van der Waals surface area contributed by atoms with E-state index < -0.39 is 5.41 Å². The lowest BCUT2D eigenvalue weighted by atomic mass is 9.86. The summed E-state index contributed by atoms with van der Waals surface area (Å²) in [5.74, 6) is 0. The first kappa shape index (κ1) is 8.48. The zero-order valence-corrected chi connectivity index (χ0v) is 6.82. The molecule has 1 aromatic rings. The summed E-state index contributed by atoms with van der Waals surface area (Å²) in [4.78, 5) is 10.6. The standard InChI is InChI=1S/C10H9NO/c1-10(7-11,8-12)9-5-3-2-4-6-9/h2-6,8H,1H3/t10-/m0/s1. The summed E-state index contributed by atoms with van der Waals surface area (Å²) in [6.45, 7) is 1.61. The van der Waals surface area contributed by atoms with Gasteiger partial charge in [-0.3, -0.25) is 0 Å².